The van der Waals surface area contributed by atoms with Crippen molar-refractivity contribution in [3.63, 3.8) is 0 Å². The highest BCUT2D eigenvalue weighted by Gasteiger charge is 2.29. The molecule has 2 aliphatic heterocycles. The van der Waals surface area contributed by atoms with Gasteiger partial charge in [-0.25, -0.2) is 4.39 Å². The lowest BCUT2D eigenvalue weighted by Gasteiger charge is -2.32. The van der Waals surface area contributed by atoms with Crippen LogP contribution in [0.25, 0.3) is 6.08 Å². The van der Waals surface area contributed by atoms with Crippen LogP contribution in [-0.4, -0.2) is 49.8 Å². The van der Waals surface area contributed by atoms with Gasteiger partial charge in [-0.05, 0) is 30.5 Å². The number of piperidine rings is 1. The van der Waals surface area contributed by atoms with Crippen molar-refractivity contribution in [3.8, 4) is 0 Å². The molecule has 0 radical (unpaired) electrons. The summed E-state index contributed by atoms with van der Waals surface area (Å²) in [7, 11) is 0. The van der Waals surface area contributed by atoms with Crippen LogP contribution in [0.4, 0.5) is 4.39 Å². The summed E-state index contributed by atoms with van der Waals surface area (Å²) in [5, 5.41) is 0. The number of carbonyl (C=O) groups excluding carboxylic acids is 1. The Balaban J connectivity index is 1.56. The quantitative estimate of drug-likeness (QED) is 0.841. The lowest BCUT2D eigenvalue weighted by Crippen LogP contribution is -2.47. The molecular weight excluding hydrogens is 285 g/mol. The first-order chi connectivity index (χ1) is 10.7. The first-order valence-corrected chi connectivity index (χ1v) is 7.65. The molecule has 0 aromatic heterocycles. The molecule has 1 amide bonds. The van der Waals surface area contributed by atoms with Crippen LogP contribution in [0.15, 0.2) is 29.8 Å². The smallest absolute Gasteiger partial charge is 0.254 e. The van der Waals surface area contributed by atoms with Crippen LogP contribution in [0, 0.1) is 5.82 Å². The predicted molar refractivity (Wildman–Crippen MR) is 80.8 cm³/mol. The number of hydrogen-bond acceptors (Lipinski definition) is 3. The van der Waals surface area contributed by atoms with Crippen LogP contribution in [0.5, 0.6) is 0 Å². The van der Waals surface area contributed by atoms with Crippen LogP contribution in [0.3, 0.4) is 0 Å². The Kier molecular flexibility index (Phi) is 4.85. The summed E-state index contributed by atoms with van der Waals surface area (Å²) < 4.78 is 23.9. The highest BCUT2D eigenvalue weighted by Crippen LogP contribution is 2.21. The van der Waals surface area contributed by atoms with E-state index in [1.165, 1.54) is 17.7 Å². The van der Waals surface area contributed by atoms with Crippen LogP contribution < -0.4 is 0 Å². The molecule has 0 saturated carbocycles. The molecule has 2 aliphatic rings. The number of likely N-dealkylation sites (tertiary alicyclic amines) is 1. The molecule has 2 saturated heterocycles. The van der Waals surface area contributed by atoms with Gasteiger partial charge in [0.25, 0.3) is 5.91 Å². The third-order valence-electron chi connectivity index (χ3n) is 4.03. The number of hydrogen-bond donors (Lipinski definition) is 0. The summed E-state index contributed by atoms with van der Waals surface area (Å²) in [5.41, 5.74) is 2.12. The minimum Gasteiger partial charge on any atom is -0.376 e. The highest BCUT2D eigenvalue weighted by molar-refractivity contribution is 5.81. The maximum atomic E-state index is 13.2. The number of benzene rings is 1. The first-order valence-electron chi connectivity index (χ1n) is 7.65. The predicted octanol–water partition coefficient (Wildman–Crippen LogP) is 2.25. The van der Waals surface area contributed by atoms with E-state index in [0.717, 1.165) is 18.4 Å². The molecule has 1 aromatic carbocycles. The summed E-state index contributed by atoms with van der Waals surface area (Å²) in [6.45, 7) is 2.75. The van der Waals surface area contributed by atoms with Crippen molar-refractivity contribution in [2.24, 2.45) is 0 Å². The molecule has 0 unspecified atom stereocenters. The van der Waals surface area contributed by atoms with E-state index in [9.17, 15) is 9.18 Å². The van der Waals surface area contributed by atoms with Gasteiger partial charge >= 0.3 is 0 Å². The molecule has 4 nitrogen and oxygen atoms in total. The molecule has 118 valence electrons. The summed E-state index contributed by atoms with van der Waals surface area (Å²) in [6, 6.07) is 6.56. The molecule has 0 bridgehead atoms. The van der Waals surface area contributed by atoms with Gasteiger partial charge in [-0.15, -0.1) is 0 Å². The second-order valence-corrected chi connectivity index (χ2v) is 5.62. The highest BCUT2D eigenvalue weighted by atomic mass is 19.1. The number of halogens is 1. The van der Waals surface area contributed by atoms with E-state index >= 15 is 0 Å². The van der Waals surface area contributed by atoms with Crippen molar-refractivity contribution in [2.75, 3.05) is 32.9 Å². The fourth-order valence-electron chi connectivity index (χ4n) is 2.82. The Hall–Kier alpha value is -1.72. The van der Waals surface area contributed by atoms with E-state index in [2.05, 4.69) is 0 Å². The van der Waals surface area contributed by atoms with Gasteiger partial charge in [0.05, 0.1) is 19.8 Å². The van der Waals surface area contributed by atoms with Crippen molar-refractivity contribution in [1.82, 2.24) is 4.90 Å². The second kappa shape index (κ2) is 7.03. The zero-order chi connectivity index (χ0) is 15.4. The van der Waals surface area contributed by atoms with Gasteiger partial charge in [0.2, 0.25) is 0 Å². The SMILES string of the molecule is O=C([C@H]1COCCO1)N1CCC(=Cc2cccc(F)c2)CC1. The van der Waals surface area contributed by atoms with Gasteiger partial charge in [0.15, 0.2) is 6.10 Å². The van der Waals surface area contributed by atoms with Crippen LogP contribution in [0.1, 0.15) is 18.4 Å². The van der Waals surface area contributed by atoms with E-state index in [0.29, 0.717) is 32.9 Å². The van der Waals surface area contributed by atoms with Crippen LogP contribution >= 0.6 is 0 Å². The van der Waals surface area contributed by atoms with Crippen molar-refractivity contribution in [1.29, 1.82) is 0 Å². The minimum absolute atomic E-state index is 0.0181. The van der Waals surface area contributed by atoms with E-state index in [-0.39, 0.29) is 11.7 Å². The zero-order valence-corrected chi connectivity index (χ0v) is 12.5. The van der Waals surface area contributed by atoms with E-state index < -0.39 is 6.10 Å². The molecule has 5 heteroatoms. The van der Waals surface area contributed by atoms with Crippen molar-refractivity contribution in [2.45, 2.75) is 18.9 Å². The van der Waals surface area contributed by atoms with E-state index in [4.69, 9.17) is 9.47 Å². The molecule has 1 atom stereocenters. The number of nitrogens with zero attached hydrogens (tertiary/aromatic N) is 1. The van der Waals surface area contributed by atoms with Crippen molar-refractivity contribution < 1.29 is 18.7 Å². The largest absolute Gasteiger partial charge is 0.376 e. The topological polar surface area (TPSA) is 38.8 Å². The van der Waals surface area contributed by atoms with Crippen LogP contribution in [0.2, 0.25) is 0 Å². The van der Waals surface area contributed by atoms with Gasteiger partial charge in [0, 0.05) is 13.1 Å². The monoisotopic (exact) mass is 305 g/mol. The van der Waals surface area contributed by atoms with Gasteiger partial charge in [0.1, 0.15) is 5.82 Å². The lowest BCUT2D eigenvalue weighted by molar-refractivity contribution is -0.158. The Labute approximate surface area is 129 Å². The van der Waals surface area contributed by atoms with Gasteiger partial charge in [-0.1, -0.05) is 23.8 Å². The molecular formula is C17H20FNO3. The fraction of sp³-hybridized carbons (Fsp3) is 0.471. The molecule has 0 aliphatic carbocycles. The van der Waals surface area contributed by atoms with Gasteiger partial charge in [-0.3, -0.25) is 4.79 Å². The van der Waals surface area contributed by atoms with Gasteiger partial charge in [-0.2, -0.15) is 0 Å². The molecule has 2 heterocycles. The zero-order valence-electron chi connectivity index (χ0n) is 12.5. The Morgan fingerprint density at radius 1 is 1.27 bits per heavy atom. The Morgan fingerprint density at radius 2 is 2.09 bits per heavy atom. The summed E-state index contributed by atoms with van der Waals surface area (Å²) in [4.78, 5) is 14.2. The molecule has 2 fully saturated rings. The van der Waals surface area contributed by atoms with Gasteiger partial charge < -0.3 is 14.4 Å². The lowest BCUT2D eigenvalue weighted by atomic mass is 10.0. The number of rotatable bonds is 2. The Bertz CT molecular complexity index is 557. The number of amides is 1. The fourth-order valence-corrected chi connectivity index (χ4v) is 2.82. The normalized spacial score (nSPS) is 22.5. The standard InChI is InChI=1S/C17H20FNO3/c18-15-3-1-2-14(11-15)10-13-4-6-19(7-5-13)17(20)16-12-21-8-9-22-16/h1-3,10-11,16H,4-9,12H2/t16-/m1/s1. The van der Waals surface area contributed by atoms with E-state index in [1.54, 1.807) is 6.07 Å². The van der Waals surface area contributed by atoms with Crippen LogP contribution in [-0.2, 0) is 14.3 Å². The molecule has 1 aromatic rings. The van der Waals surface area contributed by atoms with E-state index in [1.807, 2.05) is 17.0 Å². The summed E-state index contributed by atoms with van der Waals surface area (Å²) in [6.07, 6.45) is 3.19. The third-order valence-corrected chi connectivity index (χ3v) is 4.03. The molecule has 3 rings (SSSR count). The molecule has 0 spiro atoms. The minimum atomic E-state index is -0.456. The van der Waals surface area contributed by atoms with Crippen molar-refractivity contribution in [3.05, 3.63) is 41.2 Å². The third kappa shape index (κ3) is 3.72. The van der Waals surface area contributed by atoms with Crippen molar-refractivity contribution >= 4 is 12.0 Å². The summed E-state index contributed by atoms with van der Waals surface area (Å²) in [5.74, 6) is -0.207. The molecule has 0 N–H and O–H groups in total. The Morgan fingerprint density at radius 3 is 2.77 bits per heavy atom. The average molecular weight is 305 g/mol. The average Bonchev–Trinajstić information content (AvgIpc) is 2.56. The second-order valence-electron chi connectivity index (χ2n) is 5.62. The number of carbonyl (C=O) groups is 1. The molecule has 22 heavy (non-hydrogen) atoms. The maximum Gasteiger partial charge on any atom is 0.254 e. The first kappa shape index (κ1) is 15.2. The summed E-state index contributed by atoms with van der Waals surface area (Å²) >= 11 is 0. The number of ether oxygens (including phenoxy) is 2. The maximum absolute atomic E-state index is 13.2.